The second-order valence-corrected chi connectivity index (χ2v) is 10.2. The van der Waals surface area contributed by atoms with Crippen LogP contribution in [0.25, 0.3) is 22.3 Å². The van der Waals surface area contributed by atoms with Crippen molar-refractivity contribution in [3.05, 3.63) is 70.2 Å². The molecule has 5 rings (SSSR count). The summed E-state index contributed by atoms with van der Waals surface area (Å²) >= 11 is 1.57. The number of fused-ring (bicyclic) bond motifs is 2. The normalized spacial score (nSPS) is 13.9. The minimum absolute atomic E-state index is 0.0713. The van der Waals surface area contributed by atoms with Gasteiger partial charge in [0.1, 0.15) is 17.1 Å². The standard InChI is InChI=1S/C23H19N3O4S2/c1-14-9-19(31-13-14)23-18(26-7-5-17(30-2)11-21(26)25-23)12-22(27)24-16-4-3-15-6-8-32(28,29)20(15)10-16/h3-11,13H,12H2,1-2H3,(H,24,27). The van der Waals surface area contributed by atoms with E-state index in [1.807, 2.05) is 41.1 Å². The van der Waals surface area contributed by atoms with Gasteiger partial charge in [-0.1, -0.05) is 6.07 Å². The summed E-state index contributed by atoms with van der Waals surface area (Å²) in [6, 6.07) is 10.6. The Kier molecular flexibility index (Phi) is 4.87. The largest absolute Gasteiger partial charge is 0.497 e. The number of ether oxygens (including phenoxy) is 1. The summed E-state index contributed by atoms with van der Waals surface area (Å²) in [5.74, 6) is 0.417. The van der Waals surface area contributed by atoms with E-state index in [1.54, 1.807) is 36.7 Å². The van der Waals surface area contributed by atoms with Gasteiger partial charge in [-0.15, -0.1) is 11.3 Å². The molecule has 32 heavy (non-hydrogen) atoms. The van der Waals surface area contributed by atoms with E-state index >= 15 is 0 Å². The number of nitrogens with one attached hydrogen (secondary N) is 1. The van der Waals surface area contributed by atoms with E-state index in [-0.39, 0.29) is 17.2 Å². The Morgan fingerprint density at radius 2 is 2.06 bits per heavy atom. The van der Waals surface area contributed by atoms with Gasteiger partial charge in [0, 0.05) is 23.4 Å². The van der Waals surface area contributed by atoms with Crippen molar-refractivity contribution in [2.75, 3.05) is 12.4 Å². The van der Waals surface area contributed by atoms with Crippen molar-refractivity contribution in [1.82, 2.24) is 9.38 Å². The van der Waals surface area contributed by atoms with Gasteiger partial charge in [0.2, 0.25) is 15.7 Å². The molecule has 0 radical (unpaired) electrons. The van der Waals surface area contributed by atoms with Crippen LogP contribution in [0.1, 0.15) is 16.8 Å². The molecule has 1 aromatic carbocycles. The Morgan fingerprint density at radius 1 is 1.22 bits per heavy atom. The summed E-state index contributed by atoms with van der Waals surface area (Å²) in [6.07, 6.45) is 3.46. The van der Waals surface area contributed by atoms with Crippen LogP contribution in [0.15, 0.2) is 58.3 Å². The highest BCUT2D eigenvalue weighted by molar-refractivity contribution is 7.94. The fourth-order valence-corrected chi connectivity index (χ4v) is 5.85. The average Bonchev–Trinajstić information content (AvgIpc) is 3.43. The van der Waals surface area contributed by atoms with E-state index in [0.29, 0.717) is 22.6 Å². The third-order valence-electron chi connectivity index (χ3n) is 5.25. The van der Waals surface area contributed by atoms with Crippen molar-refractivity contribution in [3.63, 3.8) is 0 Å². The van der Waals surface area contributed by atoms with Crippen LogP contribution in [-0.2, 0) is 21.1 Å². The highest BCUT2D eigenvalue weighted by atomic mass is 32.2. The van der Waals surface area contributed by atoms with Gasteiger partial charge < -0.3 is 14.5 Å². The Balaban J connectivity index is 1.49. The number of imidazole rings is 1. The number of carbonyl (C=O) groups excluding carboxylic acids is 1. The fourth-order valence-electron chi connectivity index (χ4n) is 3.72. The number of sulfone groups is 1. The quantitative estimate of drug-likeness (QED) is 0.474. The third kappa shape index (κ3) is 3.59. The van der Waals surface area contributed by atoms with Gasteiger partial charge in [-0.05, 0) is 53.8 Å². The molecule has 4 aromatic rings. The number of thiophene rings is 1. The summed E-state index contributed by atoms with van der Waals surface area (Å²) in [5, 5.41) is 6.04. The number of methoxy groups -OCH3 is 1. The maximum atomic E-state index is 13.0. The van der Waals surface area contributed by atoms with Gasteiger partial charge in [0.05, 0.1) is 29.0 Å². The zero-order valence-corrected chi connectivity index (χ0v) is 19.0. The molecule has 0 aliphatic carbocycles. The first-order valence-electron chi connectivity index (χ1n) is 9.81. The first-order valence-corrected chi connectivity index (χ1v) is 12.2. The number of rotatable bonds is 5. The van der Waals surface area contributed by atoms with E-state index in [2.05, 4.69) is 5.32 Å². The highest BCUT2D eigenvalue weighted by Crippen LogP contribution is 2.32. The molecule has 1 aliphatic heterocycles. The second-order valence-electron chi connectivity index (χ2n) is 7.52. The van der Waals surface area contributed by atoms with Crippen molar-refractivity contribution in [1.29, 1.82) is 0 Å². The molecule has 0 fully saturated rings. The minimum atomic E-state index is -3.45. The molecule has 3 aromatic heterocycles. The highest BCUT2D eigenvalue weighted by Gasteiger charge is 2.22. The smallest absolute Gasteiger partial charge is 0.230 e. The van der Waals surface area contributed by atoms with Gasteiger partial charge in [-0.3, -0.25) is 4.79 Å². The summed E-state index contributed by atoms with van der Waals surface area (Å²) in [7, 11) is -1.85. The van der Waals surface area contributed by atoms with Crippen LogP contribution in [0.2, 0.25) is 0 Å². The van der Waals surface area contributed by atoms with Crippen LogP contribution in [-0.4, -0.2) is 30.8 Å². The van der Waals surface area contributed by atoms with Gasteiger partial charge in [-0.25, -0.2) is 13.4 Å². The molecule has 1 N–H and O–H groups in total. The Labute approximate surface area is 188 Å². The number of aromatic nitrogens is 2. The molecule has 9 heteroatoms. The first kappa shape index (κ1) is 20.5. The van der Waals surface area contributed by atoms with Crippen molar-refractivity contribution in [3.8, 4) is 16.3 Å². The monoisotopic (exact) mass is 465 g/mol. The second kappa shape index (κ2) is 7.61. The summed E-state index contributed by atoms with van der Waals surface area (Å²) in [4.78, 5) is 18.9. The number of benzene rings is 1. The van der Waals surface area contributed by atoms with Gasteiger partial charge in [0.15, 0.2) is 0 Å². The molecule has 0 atom stereocenters. The molecule has 7 nitrogen and oxygen atoms in total. The lowest BCUT2D eigenvalue weighted by atomic mass is 10.1. The van der Waals surface area contributed by atoms with Crippen LogP contribution in [0.5, 0.6) is 5.75 Å². The molecule has 0 unspecified atom stereocenters. The molecule has 0 saturated carbocycles. The molecule has 162 valence electrons. The van der Waals surface area contributed by atoms with Gasteiger partial charge in [-0.2, -0.15) is 0 Å². The summed E-state index contributed by atoms with van der Waals surface area (Å²) < 4.78 is 31.4. The molecule has 1 aliphatic rings. The lowest BCUT2D eigenvalue weighted by molar-refractivity contribution is -0.115. The number of nitrogens with zero attached hydrogens (tertiary/aromatic N) is 2. The molecule has 1 amide bonds. The van der Waals surface area contributed by atoms with E-state index in [1.165, 1.54) is 11.5 Å². The Hall–Kier alpha value is -3.43. The Morgan fingerprint density at radius 3 is 2.81 bits per heavy atom. The van der Waals surface area contributed by atoms with Crippen LogP contribution < -0.4 is 10.1 Å². The van der Waals surface area contributed by atoms with Crippen molar-refractivity contribution >= 4 is 44.5 Å². The van der Waals surface area contributed by atoms with Crippen molar-refractivity contribution in [2.24, 2.45) is 0 Å². The van der Waals surface area contributed by atoms with Crippen LogP contribution in [0.4, 0.5) is 5.69 Å². The number of amides is 1. The fraction of sp³-hybridized carbons (Fsp3) is 0.130. The Bertz CT molecular complexity index is 1510. The van der Waals surface area contributed by atoms with E-state index in [0.717, 1.165) is 21.8 Å². The minimum Gasteiger partial charge on any atom is -0.497 e. The van der Waals surface area contributed by atoms with Crippen molar-refractivity contribution < 1.29 is 17.9 Å². The SMILES string of the molecule is COc1ccn2c(CC(=O)Nc3ccc4c(c3)S(=O)(=O)C=C4)c(-c3cc(C)cs3)nc2c1. The topological polar surface area (TPSA) is 89.8 Å². The first-order chi connectivity index (χ1) is 15.3. The lowest BCUT2D eigenvalue weighted by Gasteiger charge is -2.09. The molecule has 0 bridgehead atoms. The summed E-state index contributed by atoms with van der Waals surface area (Å²) in [5.41, 5.74) is 4.36. The maximum Gasteiger partial charge on any atom is 0.230 e. The number of carbonyl (C=O) groups is 1. The van der Waals surface area contributed by atoms with E-state index in [4.69, 9.17) is 9.72 Å². The molecule has 0 saturated heterocycles. The predicted octanol–water partition coefficient (Wildman–Crippen LogP) is 4.32. The molecular formula is C23H19N3O4S2. The number of aryl methyl sites for hydroxylation is 1. The maximum absolute atomic E-state index is 13.0. The zero-order chi connectivity index (χ0) is 22.5. The van der Waals surface area contributed by atoms with Gasteiger partial charge >= 0.3 is 0 Å². The third-order valence-corrected chi connectivity index (χ3v) is 7.77. The van der Waals surface area contributed by atoms with Crippen LogP contribution in [0, 0.1) is 6.92 Å². The average molecular weight is 466 g/mol. The number of hydrogen-bond donors (Lipinski definition) is 1. The summed E-state index contributed by atoms with van der Waals surface area (Å²) in [6.45, 7) is 2.02. The lowest BCUT2D eigenvalue weighted by Crippen LogP contribution is -2.16. The van der Waals surface area contributed by atoms with Crippen LogP contribution in [0.3, 0.4) is 0 Å². The zero-order valence-electron chi connectivity index (χ0n) is 17.3. The predicted molar refractivity (Wildman–Crippen MR) is 125 cm³/mol. The van der Waals surface area contributed by atoms with Gasteiger partial charge in [0.25, 0.3) is 0 Å². The number of hydrogen-bond acceptors (Lipinski definition) is 6. The van der Waals surface area contributed by atoms with E-state index < -0.39 is 9.84 Å². The number of pyridine rings is 1. The molecular weight excluding hydrogens is 446 g/mol. The molecule has 0 spiro atoms. The number of anilines is 1. The van der Waals surface area contributed by atoms with Crippen molar-refractivity contribution in [2.45, 2.75) is 18.2 Å². The van der Waals surface area contributed by atoms with Crippen LogP contribution >= 0.6 is 11.3 Å². The van der Waals surface area contributed by atoms with E-state index in [9.17, 15) is 13.2 Å². The molecule has 4 heterocycles.